The lowest BCUT2D eigenvalue weighted by Crippen LogP contribution is -1.84. The van der Waals surface area contributed by atoms with Crippen LogP contribution in [-0.2, 0) is 0 Å². The Hall–Kier alpha value is -1.95. The number of benzene rings is 1. The summed E-state index contributed by atoms with van der Waals surface area (Å²) < 4.78 is 0. The maximum absolute atomic E-state index is 9.16. The highest BCUT2D eigenvalue weighted by Gasteiger charge is 1.94. The first-order valence-corrected chi connectivity index (χ1v) is 3.38. The predicted octanol–water partition coefficient (Wildman–Crippen LogP) is 1.51. The van der Waals surface area contributed by atoms with Gasteiger partial charge in [0, 0.05) is 6.08 Å². The van der Waals surface area contributed by atoms with Gasteiger partial charge in [0.2, 0.25) is 0 Å². The number of anilines is 1. The van der Waals surface area contributed by atoms with Crippen LogP contribution in [0.1, 0.15) is 5.56 Å². The summed E-state index contributed by atoms with van der Waals surface area (Å²) in [6.07, 6.45) is 2.93. The number of phenolic OH excluding ortho intramolecular Hbond substituents is 1. The first-order chi connectivity index (χ1) is 5.74. The molecule has 0 bridgehead atoms. The highest BCUT2D eigenvalue weighted by molar-refractivity contribution is 5.61. The van der Waals surface area contributed by atoms with Crippen LogP contribution in [0.25, 0.3) is 6.08 Å². The fourth-order valence-corrected chi connectivity index (χ4v) is 0.798. The van der Waals surface area contributed by atoms with Crippen LogP contribution in [0.3, 0.4) is 0 Å². The summed E-state index contributed by atoms with van der Waals surface area (Å²) in [4.78, 5) is 0. The third kappa shape index (κ3) is 1.77. The minimum Gasteiger partial charge on any atom is -0.506 e. The molecule has 12 heavy (non-hydrogen) atoms. The molecule has 0 amide bonds. The molecule has 0 radical (unpaired) electrons. The third-order valence-electron chi connectivity index (χ3n) is 1.40. The molecule has 1 rings (SSSR count). The fraction of sp³-hybridized carbons (Fsp3) is 0. The van der Waals surface area contributed by atoms with E-state index in [-0.39, 0.29) is 5.75 Å². The second-order valence-corrected chi connectivity index (χ2v) is 2.28. The van der Waals surface area contributed by atoms with Crippen LogP contribution in [-0.4, -0.2) is 5.11 Å². The van der Waals surface area contributed by atoms with Gasteiger partial charge in [0.05, 0.1) is 11.8 Å². The summed E-state index contributed by atoms with van der Waals surface area (Å²) in [6, 6.07) is 6.67. The number of nitriles is 1. The number of phenols is 1. The number of aromatic hydroxyl groups is 1. The zero-order valence-corrected chi connectivity index (χ0v) is 6.36. The molecule has 1 aromatic rings. The van der Waals surface area contributed by atoms with Crippen molar-refractivity contribution in [2.24, 2.45) is 0 Å². The van der Waals surface area contributed by atoms with Gasteiger partial charge in [-0.1, -0.05) is 6.07 Å². The molecule has 60 valence electrons. The molecule has 0 aromatic heterocycles. The summed E-state index contributed by atoms with van der Waals surface area (Å²) in [5, 5.41) is 17.4. The SMILES string of the molecule is N#CC=Cc1ccc(N)c(O)c1. The van der Waals surface area contributed by atoms with Crippen molar-refractivity contribution in [2.75, 3.05) is 5.73 Å². The number of hydrogen-bond acceptors (Lipinski definition) is 3. The minimum absolute atomic E-state index is 0.0371. The standard InChI is InChI=1S/C9H8N2O/c10-5-1-2-7-3-4-8(11)9(12)6-7/h1-4,6,12H,11H2. The molecule has 0 spiro atoms. The van der Waals surface area contributed by atoms with Crippen molar-refractivity contribution in [3.8, 4) is 11.8 Å². The first kappa shape index (κ1) is 8.15. The van der Waals surface area contributed by atoms with Crippen molar-refractivity contribution >= 4 is 11.8 Å². The van der Waals surface area contributed by atoms with Gasteiger partial charge in [0.15, 0.2) is 0 Å². The summed E-state index contributed by atoms with van der Waals surface area (Å²) in [5.41, 5.74) is 6.47. The maximum atomic E-state index is 9.16. The number of nitrogens with zero attached hydrogens (tertiary/aromatic N) is 1. The predicted molar refractivity (Wildman–Crippen MR) is 47.2 cm³/mol. The van der Waals surface area contributed by atoms with E-state index in [2.05, 4.69) is 0 Å². The summed E-state index contributed by atoms with van der Waals surface area (Å²) in [7, 11) is 0. The van der Waals surface area contributed by atoms with E-state index < -0.39 is 0 Å². The molecule has 1 aromatic carbocycles. The second kappa shape index (κ2) is 3.44. The van der Waals surface area contributed by atoms with Crippen molar-refractivity contribution in [1.82, 2.24) is 0 Å². The summed E-state index contributed by atoms with van der Waals surface area (Å²) >= 11 is 0. The average Bonchev–Trinajstić information content (AvgIpc) is 2.07. The topological polar surface area (TPSA) is 70.0 Å². The second-order valence-electron chi connectivity index (χ2n) is 2.28. The van der Waals surface area contributed by atoms with E-state index in [0.29, 0.717) is 5.69 Å². The van der Waals surface area contributed by atoms with Crippen LogP contribution < -0.4 is 5.73 Å². The van der Waals surface area contributed by atoms with Crippen LogP contribution in [0.5, 0.6) is 5.75 Å². The lowest BCUT2D eigenvalue weighted by Gasteiger charge is -1.98. The van der Waals surface area contributed by atoms with Crippen LogP contribution in [0.2, 0.25) is 0 Å². The van der Waals surface area contributed by atoms with Crippen molar-refractivity contribution in [3.63, 3.8) is 0 Å². The smallest absolute Gasteiger partial charge is 0.139 e. The molecular formula is C9H8N2O. The molecule has 0 saturated carbocycles. The van der Waals surface area contributed by atoms with E-state index in [1.54, 1.807) is 18.2 Å². The average molecular weight is 160 g/mol. The molecule has 0 saturated heterocycles. The number of hydrogen-bond donors (Lipinski definition) is 2. The molecular weight excluding hydrogens is 152 g/mol. The highest BCUT2D eigenvalue weighted by atomic mass is 16.3. The molecule has 0 heterocycles. The Morgan fingerprint density at radius 2 is 2.25 bits per heavy atom. The summed E-state index contributed by atoms with van der Waals surface area (Å²) in [6.45, 7) is 0. The molecule has 0 fully saturated rings. The van der Waals surface area contributed by atoms with Gasteiger partial charge in [0.1, 0.15) is 5.75 Å². The van der Waals surface area contributed by atoms with Crippen molar-refractivity contribution in [2.45, 2.75) is 0 Å². The Kier molecular flexibility index (Phi) is 2.34. The molecule has 3 N–H and O–H groups in total. The molecule has 0 aliphatic rings. The van der Waals surface area contributed by atoms with Crippen molar-refractivity contribution in [1.29, 1.82) is 5.26 Å². The van der Waals surface area contributed by atoms with Gasteiger partial charge in [-0.05, 0) is 23.8 Å². The van der Waals surface area contributed by atoms with E-state index in [0.717, 1.165) is 5.56 Å². The van der Waals surface area contributed by atoms with Gasteiger partial charge in [-0.2, -0.15) is 5.26 Å². The van der Waals surface area contributed by atoms with Crippen molar-refractivity contribution in [3.05, 3.63) is 29.8 Å². The van der Waals surface area contributed by atoms with E-state index in [1.165, 1.54) is 12.1 Å². The van der Waals surface area contributed by atoms with Crippen LogP contribution in [0.4, 0.5) is 5.69 Å². The molecule has 0 aliphatic carbocycles. The Morgan fingerprint density at radius 1 is 1.50 bits per heavy atom. The molecule has 3 nitrogen and oxygen atoms in total. The Labute approximate surface area is 70.4 Å². The van der Waals surface area contributed by atoms with E-state index in [9.17, 15) is 0 Å². The quantitative estimate of drug-likeness (QED) is 0.371. The Morgan fingerprint density at radius 3 is 2.83 bits per heavy atom. The van der Waals surface area contributed by atoms with E-state index >= 15 is 0 Å². The molecule has 3 heteroatoms. The maximum Gasteiger partial charge on any atom is 0.139 e. The monoisotopic (exact) mass is 160 g/mol. The lowest BCUT2D eigenvalue weighted by molar-refractivity contribution is 0.478. The number of nitrogens with two attached hydrogens (primary N) is 1. The van der Waals surface area contributed by atoms with Gasteiger partial charge in [-0.25, -0.2) is 0 Å². The van der Waals surface area contributed by atoms with Crippen LogP contribution >= 0.6 is 0 Å². The largest absolute Gasteiger partial charge is 0.506 e. The van der Waals surface area contributed by atoms with Gasteiger partial charge < -0.3 is 10.8 Å². The van der Waals surface area contributed by atoms with Gasteiger partial charge in [-0.3, -0.25) is 0 Å². The molecule has 0 aliphatic heterocycles. The number of nitrogen functional groups attached to an aromatic ring is 1. The van der Waals surface area contributed by atoms with Crippen molar-refractivity contribution < 1.29 is 5.11 Å². The first-order valence-electron chi connectivity index (χ1n) is 3.38. The third-order valence-corrected chi connectivity index (χ3v) is 1.40. The van der Waals surface area contributed by atoms with Gasteiger partial charge in [0.25, 0.3) is 0 Å². The zero-order chi connectivity index (χ0) is 8.97. The lowest BCUT2D eigenvalue weighted by atomic mass is 10.2. The molecule has 0 unspecified atom stereocenters. The Balaban J connectivity index is 2.99. The summed E-state index contributed by atoms with van der Waals surface area (Å²) in [5.74, 6) is 0.0371. The minimum atomic E-state index is 0.0371. The van der Waals surface area contributed by atoms with E-state index in [1.807, 2.05) is 6.07 Å². The van der Waals surface area contributed by atoms with Crippen LogP contribution in [0, 0.1) is 11.3 Å². The zero-order valence-electron chi connectivity index (χ0n) is 6.36. The number of allylic oxidation sites excluding steroid dienone is 1. The molecule has 0 atom stereocenters. The Bertz CT molecular complexity index is 350. The normalized spacial score (nSPS) is 9.92. The van der Waals surface area contributed by atoms with Crippen LogP contribution in [0.15, 0.2) is 24.3 Å². The number of rotatable bonds is 1. The van der Waals surface area contributed by atoms with Gasteiger partial charge in [-0.15, -0.1) is 0 Å². The fourth-order valence-electron chi connectivity index (χ4n) is 0.798. The highest BCUT2D eigenvalue weighted by Crippen LogP contribution is 2.20. The van der Waals surface area contributed by atoms with E-state index in [4.69, 9.17) is 16.1 Å². The van der Waals surface area contributed by atoms with Gasteiger partial charge >= 0.3 is 0 Å².